The Labute approximate surface area is 209 Å². The molecule has 2 spiro atoms. The first-order valence-corrected chi connectivity index (χ1v) is 13.5. The summed E-state index contributed by atoms with van der Waals surface area (Å²) in [5.74, 6) is -1.85. The van der Waals surface area contributed by atoms with Crippen molar-refractivity contribution in [3.05, 3.63) is 0 Å². The van der Waals surface area contributed by atoms with Crippen LogP contribution in [0.15, 0.2) is 0 Å². The van der Waals surface area contributed by atoms with Gasteiger partial charge in [0.1, 0.15) is 6.04 Å². The Hall–Kier alpha value is -1.96. The van der Waals surface area contributed by atoms with Gasteiger partial charge in [0, 0.05) is 12.0 Å². The monoisotopic (exact) mass is 488 g/mol. The van der Waals surface area contributed by atoms with Gasteiger partial charge in [0.25, 0.3) is 5.91 Å². The molecule has 1 aliphatic heterocycles. The summed E-state index contributed by atoms with van der Waals surface area (Å²) in [4.78, 5) is 53.4. The lowest BCUT2D eigenvalue weighted by Crippen LogP contribution is -2.56. The fourth-order valence-electron chi connectivity index (χ4n) is 7.63. The number of rotatable bonds is 9. The highest BCUT2D eigenvalue weighted by Crippen LogP contribution is 2.88. The molecule has 8 heteroatoms. The topological polar surface area (TPSA) is 136 Å². The summed E-state index contributed by atoms with van der Waals surface area (Å²) in [5, 5.41) is 2.85. The maximum atomic E-state index is 13.7. The van der Waals surface area contributed by atoms with Gasteiger partial charge in [0.05, 0.1) is 12.1 Å². The lowest BCUT2D eigenvalue weighted by Gasteiger charge is -2.33. The first kappa shape index (κ1) is 26.1. The van der Waals surface area contributed by atoms with E-state index in [9.17, 15) is 19.2 Å². The lowest BCUT2D eigenvalue weighted by atomic mass is 9.73. The summed E-state index contributed by atoms with van der Waals surface area (Å²) in [6.07, 6.45) is 7.45. The molecule has 1 saturated heterocycles. The van der Waals surface area contributed by atoms with Crippen LogP contribution >= 0.6 is 0 Å². The largest absolute Gasteiger partial charge is 0.363 e. The molecule has 0 radical (unpaired) electrons. The fraction of sp³-hybridized carbons (Fsp3) is 0.852. The first-order chi connectivity index (χ1) is 16.3. The molecule has 196 valence electrons. The first-order valence-electron chi connectivity index (χ1n) is 13.5. The summed E-state index contributed by atoms with van der Waals surface area (Å²) < 4.78 is 0. The van der Waals surface area contributed by atoms with Crippen LogP contribution in [0.4, 0.5) is 0 Å². The molecule has 3 amide bonds. The number of hydrogen-bond donors (Lipinski definition) is 3. The van der Waals surface area contributed by atoms with Crippen LogP contribution in [0.3, 0.4) is 0 Å². The smallest absolute Gasteiger partial charge is 0.287 e. The van der Waals surface area contributed by atoms with Crippen molar-refractivity contribution in [2.45, 2.75) is 104 Å². The Morgan fingerprint density at radius 2 is 1.66 bits per heavy atom. The second-order valence-electron chi connectivity index (χ2n) is 12.8. The molecule has 0 aromatic rings. The molecule has 0 bridgehead atoms. The minimum atomic E-state index is -1.03. The van der Waals surface area contributed by atoms with E-state index in [1.165, 1.54) is 6.42 Å². The molecule has 5 N–H and O–H groups in total. The highest BCUT2D eigenvalue weighted by molar-refractivity contribution is 6.37. The number of likely N-dealkylation sites (tertiary alicyclic amines) is 1. The summed E-state index contributed by atoms with van der Waals surface area (Å²) in [7, 11) is 0. The number of Topliss-reactive ketones (excluding diaryl/α,β-unsaturated/α-hetero) is 1. The van der Waals surface area contributed by atoms with E-state index in [0.29, 0.717) is 25.3 Å². The zero-order chi connectivity index (χ0) is 25.9. The van der Waals surface area contributed by atoms with E-state index in [0.717, 1.165) is 32.1 Å². The molecular weight excluding hydrogens is 444 g/mol. The van der Waals surface area contributed by atoms with Crippen molar-refractivity contribution in [2.75, 3.05) is 6.54 Å². The van der Waals surface area contributed by atoms with E-state index in [2.05, 4.69) is 19.2 Å². The van der Waals surface area contributed by atoms with Crippen LogP contribution in [0.25, 0.3) is 0 Å². The summed E-state index contributed by atoms with van der Waals surface area (Å²) in [5.41, 5.74) is 11.8. The van der Waals surface area contributed by atoms with Crippen LogP contribution in [-0.2, 0) is 19.2 Å². The minimum absolute atomic E-state index is 0.0320. The molecule has 0 aromatic heterocycles. The number of nitrogens with two attached hydrogens (primary N) is 2. The highest BCUT2D eigenvalue weighted by atomic mass is 16.2. The van der Waals surface area contributed by atoms with E-state index < -0.39 is 29.8 Å². The number of primary amides is 1. The SMILES string of the molecule is CC(C)C(C)[C@H](N)C(=O)N1C[C@]2(C[C@H]1C(=O)NC(CC1CCC1)C(=O)C(N)=O)C(C)(C)C21CCC1. The van der Waals surface area contributed by atoms with Gasteiger partial charge < -0.3 is 21.7 Å². The van der Waals surface area contributed by atoms with E-state index in [1.54, 1.807) is 4.90 Å². The minimum Gasteiger partial charge on any atom is -0.363 e. The summed E-state index contributed by atoms with van der Waals surface area (Å²) in [6, 6.07) is -2.33. The molecule has 2 unspecified atom stereocenters. The zero-order valence-electron chi connectivity index (χ0n) is 22.1. The maximum Gasteiger partial charge on any atom is 0.287 e. The maximum absolute atomic E-state index is 13.7. The number of ketones is 1. The number of nitrogens with zero attached hydrogens (tertiary/aromatic N) is 1. The second kappa shape index (κ2) is 8.86. The number of amides is 3. The molecule has 4 fully saturated rings. The van der Waals surface area contributed by atoms with E-state index in [-0.39, 0.29) is 39.9 Å². The molecule has 4 aliphatic rings. The molecule has 3 aliphatic carbocycles. The number of carbonyl (C=O) groups excluding carboxylic acids is 4. The molecule has 5 atom stereocenters. The predicted molar refractivity (Wildman–Crippen MR) is 133 cm³/mol. The van der Waals surface area contributed by atoms with Crippen LogP contribution in [-0.4, -0.2) is 53.1 Å². The Bertz CT molecular complexity index is 907. The third-order valence-electron chi connectivity index (χ3n) is 11.0. The molecule has 8 nitrogen and oxygen atoms in total. The Kier molecular flexibility index (Phi) is 6.61. The van der Waals surface area contributed by atoms with Gasteiger partial charge in [-0.05, 0) is 54.3 Å². The van der Waals surface area contributed by atoms with Gasteiger partial charge in [-0.15, -0.1) is 0 Å². The summed E-state index contributed by atoms with van der Waals surface area (Å²) >= 11 is 0. The third-order valence-corrected chi connectivity index (χ3v) is 11.0. The molecule has 3 saturated carbocycles. The van der Waals surface area contributed by atoms with Crippen molar-refractivity contribution in [1.29, 1.82) is 0 Å². The Balaban J connectivity index is 1.59. The average Bonchev–Trinajstić information content (AvgIpc) is 2.98. The van der Waals surface area contributed by atoms with Crippen molar-refractivity contribution in [3.63, 3.8) is 0 Å². The molecular formula is C27H44N4O4. The number of fused-ring (bicyclic) bond motifs is 1. The fourth-order valence-corrected chi connectivity index (χ4v) is 7.63. The van der Waals surface area contributed by atoms with E-state index >= 15 is 0 Å². The van der Waals surface area contributed by atoms with Crippen molar-refractivity contribution in [2.24, 2.45) is 45.5 Å². The van der Waals surface area contributed by atoms with Crippen molar-refractivity contribution >= 4 is 23.5 Å². The molecule has 35 heavy (non-hydrogen) atoms. The van der Waals surface area contributed by atoms with Crippen molar-refractivity contribution in [3.8, 4) is 0 Å². The van der Waals surface area contributed by atoms with Gasteiger partial charge in [-0.1, -0.05) is 60.3 Å². The van der Waals surface area contributed by atoms with Crippen LogP contribution in [0.1, 0.15) is 86.0 Å². The van der Waals surface area contributed by atoms with Gasteiger partial charge in [-0.25, -0.2) is 0 Å². The Morgan fingerprint density at radius 3 is 2.09 bits per heavy atom. The quantitative estimate of drug-likeness (QED) is 0.427. The Morgan fingerprint density at radius 1 is 1.03 bits per heavy atom. The molecule has 0 aromatic carbocycles. The number of hydrogen-bond acceptors (Lipinski definition) is 5. The normalized spacial score (nSPS) is 30.9. The average molecular weight is 489 g/mol. The zero-order valence-corrected chi connectivity index (χ0v) is 22.1. The van der Waals surface area contributed by atoms with Gasteiger partial charge >= 0.3 is 0 Å². The van der Waals surface area contributed by atoms with E-state index in [4.69, 9.17) is 11.5 Å². The number of nitrogens with one attached hydrogen (secondary N) is 1. The lowest BCUT2D eigenvalue weighted by molar-refractivity contribution is -0.142. The number of carbonyl (C=O) groups is 4. The third kappa shape index (κ3) is 3.82. The van der Waals surface area contributed by atoms with Gasteiger partial charge in [0.2, 0.25) is 17.6 Å². The molecule has 1 heterocycles. The van der Waals surface area contributed by atoms with Crippen LogP contribution in [0.5, 0.6) is 0 Å². The van der Waals surface area contributed by atoms with Crippen molar-refractivity contribution < 1.29 is 19.2 Å². The van der Waals surface area contributed by atoms with E-state index in [1.807, 2.05) is 20.8 Å². The van der Waals surface area contributed by atoms with Crippen LogP contribution in [0.2, 0.25) is 0 Å². The highest BCUT2D eigenvalue weighted by Gasteiger charge is 2.85. The summed E-state index contributed by atoms with van der Waals surface area (Å²) in [6.45, 7) is 11.1. The predicted octanol–water partition coefficient (Wildman–Crippen LogP) is 2.13. The molecule has 4 rings (SSSR count). The van der Waals surface area contributed by atoms with Crippen molar-refractivity contribution in [1.82, 2.24) is 10.2 Å². The van der Waals surface area contributed by atoms with Gasteiger partial charge in [-0.2, -0.15) is 0 Å². The van der Waals surface area contributed by atoms with Gasteiger partial charge in [0.15, 0.2) is 0 Å². The standard InChI is InChI=1S/C27H44N4O4/c1-15(2)16(3)20(28)24(35)31-14-27(25(4,5)26(27)10-7-11-26)13-19(31)23(34)30-18(21(32)22(29)33)12-17-8-6-9-17/h15-20H,6-14,28H2,1-5H3,(H2,29,33)(H,30,34)/t16?,18?,19-,20-,27+/m0/s1. The van der Waals surface area contributed by atoms with Crippen LogP contribution in [0, 0.1) is 34.0 Å². The second-order valence-corrected chi connectivity index (χ2v) is 12.8. The van der Waals surface area contributed by atoms with Gasteiger partial charge in [-0.3, -0.25) is 19.2 Å². The van der Waals surface area contributed by atoms with Crippen LogP contribution < -0.4 is 16.8 Å².